The van der Waals surface area contributed by atoms with Crippen molar-refractivity contribution in [1.82, 2.24) is 10.2 Å². The minimum Gasteiger partial charge on any atom is -0.481 e. The lowest BCUT2D eigenvalue weighted by Crippen LogP contribution is -2.47. The van der Waals surface area contributed by atoms with Gasteiger partial charge in [0, 0.05) is 29.7 Å². The Hall–Kier alpha value is -2.39. The van der Waals surface area contributed by atoms with Crippen molar-refractivity contribution in [2.24, 2.45) is 5.41 Å². The number of hydrogen-bond donors (Lipinski definition) is 0. The third-order valence-electron chi connectivity index (χ3n) is 8.90. The van der Waals surface area contributed by atoms with Crippen LogP contribution in [0.1, 0.15) is 99.2 Å². The van der Waals surface area contributed by atoms with Gasteiger partial charge in [-0.2, -0.15) is 8.78 Å². The molecule has 2 bridgehead atoms. The van der Waals surface area contributed by atoms with Gasteiger partial charge in [0.1, 0.15) is 5.75 Å². The van der Waals surface area contributed by atoms with E-state index < -0.39 is 18.3 Å². The molecular weight excluding hydrogens is 506 g/mol. The summed E-state index contributed by atoms with van der Waals surface area (Å²) in [7, 11) is 0. The van der Waals surface area contributed by atoms with E-state index in [-0.39, 0.29) is 34.7 Å². The van der Waals surface area contributed by atoms with E-state index in [4.69, 9.17) is 25.5 Å². The summed E-state index contributed by atoms with van der Waals surface area (Å²) in [5, 5.41) is 9.07. The van der Waals surface area contributed by atoms with Crippen molar-refractivity contribution < 1.29 is 32.3 Å². The molecule has 1 aromatic carbocycles. The molecule has 0 radical (unpaired) electrons. The fourth-order valence-electron chi connectivity index (χ4n) is 6.58. The minimum absolute atomic E-state index is 0.0251. The third-order valence-corrected chi connectivity index (χ3v) is 9.14. The van der Waals surface area contributed by atoms with Gasteiger partial charge in [0.2, 0.25) is 11.8 Å². The quantitative estimate of drug-likeness (QED) is 0.418. The Kier molecular flexibility index (Phi) is 5.95. The van der Waals surface area contributed by atoms with Crippen molar-refractivity contribution >= 4 is 23.2 Å². The van der Waals surface area contributed by atoms with Crippen LogP contribution in [-0.4, -0.2) is 40.1 Å². The SMILES string of the molecule is CC(F)(F)OC1CC(c2nnc(C34CCC(CC(=O)C5CC(=O)c6cc(Cl)ccc6O5)(CC3)CC4)o2)C1. The summed E-state index contributed by atoms with van der Waals surface area (Å²) in [5.41, 5.74) is 0.141. The van der Waals surface area contributed by atoms with Crippen molar-refractivity contribution in [2.45, 2.75) is 101 Å². The molecule has 1 unspecified atom stereocenters. The monoisotopic (exact) mass is 534 g/mol. The maximum absolute atomic E-state index is 13.2. The molecule has 0 saturated heterocycles. The zero-order valence-corrected chi connectivity index (χ0v) is 21.4. The Labute approximate surface area is 218 Å². The van der Waals surface area contributed by atoms with Crippen LogP contribution in [0.5, 0.6) is 5.75 Å². The zero-order chi connectivity index (χ0) is 26.0. The van der Waals surface area contributed by atoms with E-state index in [0.717, 1.165) is 45.4 Å². The number of carbonyl (C=O) groups is 2. The second kappa shape index (κ2) is 8.83. The number of nitrogens with zero attached hydrogens (tertiary/aromatic N) is 2. The van der Waals surface area contributed by atoms with E-state index in [0.29, 0.717) is 47.4 Å². The second-order valence-electron chi connectivity index (χ2n) is 11.5. The van der Waals surface area contributed by atoms with Crippen LogP contribution in [0.4, 0.5) is 8.78 Å². The minimum atomic E-state index is -3.13. The molecule has 5 aliphatic rings. The Morgan fingerprint density at radius 3 is 2.54 bits per heavy atom. The molecule has 2 aromatic rings. The van der Waals surface area contributed by atoms with E-state index >= 15 is 0 Å². The van der Waals surface area contributed by atoms with E-state index in [1.807, 2.05) is 0 Å². The number of hydrogen-bond acceptors (Lipinski definition) is 7. The number of ketones is 2. The lowest BCUT2D eigenvalue weighted by molar-refractivity contribution is -0.265. The van der Waals surface area contributed by atoms with Crippen LogP contribution in [0.2, 0.25) is 5.02 Å². The van der Waals surface area contributed by atoms with Gasteiger partial charge in [-0.1, -0.05) is 11.6 Å². The highest BCUT2D eigenvalue weighted by atomic mass is 35.5. The Bertz CT molecular complexity index is 1210. The molecule has 37 heavy (non-hydrogen) atoms. The molecule has 10 heteroatoms. The molecule has 198 valence electrons. The lowest BCUT2D eigenvalue weighted by Gasteiger charge is -2.52. The second-order valence-corrected chi connectivity index (χ2v) is 11.9. The predicted octanol–water partition coefficient (Wildman–Crippen LogP) is 6.18. The van der Waals surface area contributed by atoms with Crippen LogP contribution in [-0.2, 0) is 14.9 Å². The number of ether oxygens (including phenoxy) is 2. The van der Waals surface area contributed by atoms with Gasteiger partial charge in [-0.05, 0) is 75.0 Å². The lowest BCUT2D eigenvalue weighted by atomic mass is 9.52. The number of halogens is 3. The van der Waals surface area contributed by atoms with Gasteiger partial charge in [-0.15, -0.1) is 10.2 Å². The molecule has 1 aromatic heterocycles. The molecular formula is C27H29ClF2N2O5. The Balaban J connectivity index is 1.06. The van der Waals surface area contributed by atoms with Crippen molar-refractivity contribution in [3.05, 3.63) is 40.6 Å². The van der Waals surface area contributed by atoms with E-state index in [1.54, 1.807) is 18.2 Å². The summed E-state index contributed by atoms with van der Waals surface area (Å²) in [6.07, 6.45) is 2.12. The molecule has 4 fully saturated rings. The summed E-state index contributed by atoms with van der Waals surface area (Å²) in [4.78, 5) is 25.9. The first-order valence-electron chi connectivity index (χ1n) is 12.9. The van der Waals surface area contributed by atoms with Crippen LogP contribution in [0, 0.1) is 5.41 Å². The van der Waals surface area contributed by atoms with Crippen LogP contribution >= 0.6 is 11.6 Å². The number of alkyl halides is 2. The smallest absolute Gasteiger partial charge is 0.353 e. The van der Waals surface area contributed by atoms with Gasteiger partial charge >= 0.3 is 6.11 Å². The van der Waals surface area contributed by atoms with Crippen LogP contribution in [0.15, 0.2) is 22.6 Å². The first kappa shape index (κ1) is 24.9. The first-order chi connectivity index (χ1) is 17.5. The number of aromatic nitrogens is 2. The topological polar surface area (TPSA) is 91.5 Å². The highest BCUT2D eigenvalue weighted by Gasteiger charge is 2.53. The molecule has 0 amide bonds. The average molecular weight is 535 g/mol. The van der Waals surface area contributed by atoms with Crippen LogP contribution < -0.4 is 4.74 Å². The van der Waals surface area contributed by atoms with Gasteiger partial charge in [-0.25, -0.2) is 0 Å². The van der Waals surface area contributed by atoms with Crippen molar-refractivity contribution in [1.29, 1.82) is 0 Å². The molecule has 7 nitrogen and oxygen atoms in total. The molecule has 0 N–H and O–H groups in total. The number of carbonyl (C=O) groups excluding carboxylic acids is 2. The number of benzene rings is 1. The summed E-state index contributed by atoms with van der Waals surface area (Å²) in [6, 6.07) is 4.90. The fraction of sp³-hybridized carbons (Fsp3) is 0.630. The summed E-state index contributed by atoms with van der Waals surface area (Å²) >= 11 is 6.00. The zero-order valence-electron chi connectivity index (χ0n) is 20.6. The maximum Gasteiger partial charge on any atom is 0.353 e. The molecule has 4 aliphatic carbocycles. The molecule has 2 heterocycles. The number of fused-ring (bicyclic) bond motifs is 4. The maximum atomic E-state index is 13.2. The van der Waals surface area contributed by atoms with E-state index in [9.17, 15) is 18.4 Å². The van der Waals surface area contributed by atoms with Gasteiger partial charge in [0.25, 0.3) is 0 Å². The van der Waals surface area contributed by atoms with E-state index in [1.165, 1.54) is 0 Å². The Morgan fingerprint density at radius 2 is 1.86 bits per heavy atom. The molecule has 4 saturated carbocycles. The van der Waals surface area contributed by atoms with Gasteiger partial charge in [0.15, 0.2) is 17.7 Å². The normalized spacial score (nSPS) is 33.0. The van der Waals surface area contributed by atoms with E-state index in [2.05, 4.69) is 10.2 Å². The Morgan fingerprint density at radius 1 is 1.16 bits per heavy atom. The van der Waals surface area contributed by atoms with Crippen molar-refractivity contribution in [3.8, 4) is 5.75 Å². The highest BCUT2D eigenvalue weighted by molar-refractivity contribution is 6.31. The number of rotatable bonds is 7. The predicted molar refractivity (Wildman–Crippen MR) is 128 cm³/mol. The standard InChI is InChI=1S/C27H29ClF2N2O5/c1-25(29,30)37-17-10-15(11-17)23-31-32-24(36-23)27-7-4-26(5-8-27,6-9-27)14-20(34)22-13-19(33)18-12-16(28)2-3-21(18)35-22/h2-3,12,15,17,22H,4-11,13-14H2,1H3. The molecule has 1 aliphatic heterocycles. The highest BCUT2D eigenvalue weighted by Crippen LogP contribution is 2.59. The first-order valence-corrected chi connectivity index (χ1v) is 13.3. The van der Waals surface area contributed by atoms with Gasteiger partial charge < -0.3 is 13.9 Å². The molecule has 1 atom stereocenters. The van der Waals surface area contributed by atoms with Crippen molar-refractivity contribution in [2.75, 3.05) is 0 Å². The summed E-state index contributed by atoms with van der Waals surface area (Å²) in [5.74, 6) is 1.36. The average Bonchev–Trinajstić information content (AvgIpc) is 3.32. The fourth-order valence-corrected chi connectivity index (χ4v) is 6.75. The van der Waals surface area contributed by atoms with Gasteiger partial charge in [0.05, 0.1) is 18.1 Å². The third kappa shape index (κ3) is 4.69. The summed E-state index contributed by atoms with van der Waals surface area (Å²) < 4.78 is 42.8. The van der Waals surface area contributed by atoms with Crippen LogP contribution in [0.3, 0.4) is 0 Å². The van der Waals surface area contributed by atoms with Gasteiger partial charge in [-0.3, -0.25) is 9.59 Å². The molecule has 7 rings (SSSR count). The largest absolute Gasteiger partial charge is 0.481 e. The summed E-state index contributed by atoms with van der Waals surface area (Å²) in [6.45, 7) is 0.751. The molecule has 0 spiro atoms. The van der Waals surface area contributed by atoms with Crippen LogP contribution in [0.25, 0.3) is 0 Å². The number of Topliss-reactive ketones (excluding diaryl/α,β-unsaturated/α-hetero) is 2. The van der Waals surface area contributed by atoms with Crippen molar-refractivity contribution in [3.63, 3.8) is 0 Å².